The summed E-state index contributed by atoms with van der Waals surface area (Å²) < 4.78 is 1.95. The summed E-state index contributed by atoms with van der Waals surface area (Å²) in [6, 6.07) is 7.20. The van der Waals surface area contributed by atoms with Crippen LogP contribution in [0.15, 0.2) is 36.4 Å². The molecule has 0 saturated heterocycles. The number of benzene rings is 1. The molecule has 2 bridgehead atoms. The van der Waals surface area contributed by atoms with E-state index in [0.29, 0.717) is 17.2 Å². The number of hydrogen-bond donors (Lipinski definition) is 2. The van der Waals surface area contributed by atoms with Crippen molar-refractivity contribution in [1.29, 1.82) is 0 Å². The molecular formula is C25H32N4O2. The Kier molecular flexibility index (Phi) is 5.73. The highest BCUT2D eigenvalue weighted by molar-refractivity contribution is 6.11. The summed E-state index contributed by atoms with van der Waals surface area (Å²) in [5, 5.41) is 10.7. The van der Waals surface area contributed by atoms with Gasteiger partial charge in [-0.2, -0.15) is 5.10 Å². The van der Waals surface area contributed by atoms with Crippen LogP contribution >= 0.6 is 0 Å². The molecule has 2 N–H and O–H groups in total. The molecule has 2 amide bonds. The molecule has 164 valence electrons. The number of rotatable bonds is 7. The van der Waals surface area contributed by atoms with Gasteiger partial charge in [0, 0.05) is 6.54 Å². The van der Waals surface area contributed by atoms with E-state index in [2.05, 4.69) is 34.8 Å². The zero-order chi connectivity index (χ0) is 22.2. The minimum Gasteiger partial charge on any atom is -0.325 e. The number of carbonyl (C=O) groups excluding carboxylic acids is 2. The summed E-state index contributed by atoms with van der Waals surface area (Å²) in [5.74, 6) is 0.520. The molecule has 2 aromatic rings. The van der Waals surface area contributed by atoms with E-state index >= 15 is 0 Å². The Labute approximate surface area is 184 Å². The van der Waals surface area contributed by atoms with Crippen LogP contribution in [0.4, 0.5) is 11.4 Å². The van der Waals surface area contributed by atoms with Gasteiger partial charge < -0.3 is 10.6 Å². The van der Waals surface area contributed by atoms with Crippen molar-refractivity contribution in [2.75, 3.05) is 10.6 Å². The summed E-state index contributed by atoms with van der Waals surface area (Å²) in [6.07, 6.45) is 8.44. The van der Waals surface area contributed by atoms with Crippen molar-refractivity contribution in [3.05, 3.63) is 53.4 Å². The van der Waals surface area contributed by atoms with Crippen LogP contribution < -0.4 is 10.6 Å². The van der Waals surface area contributed by atoms with Crippen LogP contribution in [0.1, 0.15) is 61.3 Å². The number of anilines is 2. The number of fused-ring (bicyclic) bond motifs is 2. The molecule has 0 radical (unpaired) electrons. The maximum Gasteiger partial charge on any atom is 0.257 e. The largest absolute Gasteiger partial charge is 0.325 e. The van der Waals surface area contributed by atoms with Crippen LogP contribution in [0, 0.1) is 31.1 Å². The number of unbranched alkanes of at least 4 members (excludes halogenated alkanes) is 1. The van der Waals surface area contributed by atoms with Gasteiger partial charge in [0.15, 0.2) is 0 Å². The lowest BCUT2D eigenvalue weighted by atomic mass is 9.76. The fourth-order valence-corrected chi connectivity index (χ4v) is 5.00. The summed E-state index contributed by atoms with van der Waals surface area (Å²) in [5.41, 5.74) is 3.07. The van der Waals surface area contributed by atoms with Gasteiger partial charge in [-0.05, 0) is 57.1 Å². The number of allylic oxidation sites excluding steroid dienone is 2. The third-order valence-electron chi connectivity index (χ3n) is 6.96. The van der Waals surface area contributed by atoms with E-state index in [1.165, 1.54) is 0 Å². The second-order valence-corrected chi connectivity index (χ2v) is 9.19. The number of carbonyl (C=O) groups is 2. The van der Waals surface area contributed by atoms with Gasteiger partial charge in [-0.3, -0.25) is 14.3 Å². The van der Waals surface area contributed by atoms with Crippen LogP contribution in [0.25, 0.3) is 0 Å². The summed E-state index contributed by atoms with van der Waals surface area (Å²) in [4.78, 5) is 26.3. The molecule has 0 aliphatic heterocycles. The third-order valence-corrected chi connectivity index (χ3v) is 6.96. The number of hydrogen-bond acceptors (Lipinski definition) is 3. The van der Waals surface area contributed by atoms with Crippen molar-refractivity contribution in [2.45, 2.75) is 59.9 Å². The molecule has 1 saturated carbocycles. The van der Waals surface area contributed by atoms with E-state index < -0.39 is 5.41 Å². The smallest absolute Gasteiger partial charge is 0.257 e. The van der Waals surface area contributed by atoms with Gasteiger partial charge >= 0.3 is 0 Å². The fourth-order valence-electron chi connectivity index (χ4n) is 5.00. The van der Waals surface area contributed by atoms with Crippen LogP contribution in [0.5, 0.6) is 0 Å². The number of amides is 2. The van der Waals surface area contributed by atoms with E-state index in [4.69, 9.17) is 0 Å². The average molecular weight is 421 g/mol. The van der Waals surface area contributed by atoms with E-state index in [0.717, 1.165) is 49.3 Å². The molecule has 1 aromatic heterocycles. The summed E-state index contributed by atoms with van der Waals surface area (Å²) in [7, 11) is 0. The monoisotopic (exact) mass is 420 g/mol. The highest BCUT2D eigenvalue weighted by Gasteiger charge is 2.50. The highest BCUT2D eigenvalue weighted by Crippen LogP contribution is 2.52. The molecule has 1 aromatic carbocycles. The third kappa shape index (κ3) is 3.91. The van der Waals surface area contributed by atoms with Crippen molar-refractivity contribution in [3.63, 3.8) is 0 Å². The van der Waals surface area contributed by atoms with E-state index in [9.17, 15) is 9.59 Å². The Bertz CT molecular complexity index is 1040. The van der Waals surface area contributed by atoms with Gasteiger partial charge in [-0.15, -0.1) is 0 Å². The minimum atomic E-state index is -0.420. The van der Waals surface area contributed by atoms with Gasteiger partial charge in [0.1, 0.15) is 0 Å². The van der Waals surface area contributed by atoms with Crippen LogP contribution in [-0.2, 0) is 11.3 Å². The first-order valence-corrected chi connectivity index (χ1v) is 11.3. The Balaban J connectivity index is 1.52. The first-order chi connectivity index (χ1) is 14.8. The SMILES string of the molecule is CCCCn1nc(C)c(NC(=O)c2ccccc2NC(=O)[C@@]2(C)C[C@H]3C=C[C@H]2C3)c1C. The number of nitrogens with one attached hydrogen (secondary N) is 2. The predicted octanol–water partition coefficient (Wildman–Crippen LogP) is 5.09. The van der Waals surface area contributed by atoms with E-state index in [-0.39, 0.29) is 17.7 Å². The molecule has 0 spiro atoms. The Hall–Kier alpha value is -2.89. The molecule has 3 atom stereocenters. The highest BCUT2D eigenvalue weighted by atomic mass is 16.2. The van der Waals surface area contributed by atoms with E-state index in [1.54, 1.807) is 12.1 Å². The predicted molar refractivity (Wildman–Crippen MR) is 123 cm³/mol. The van der Waals surface area contributed by atoms with Gasteiger partial charge in [0.25, 0.3) is 5.91 Å². The fraction of sp³-hybridized carbons (Fsp3) is 0.480. The molecule has 2 aliphatic rings. The van der Waals surface area contributed by atoms with Crippen molar-refractivity contribution in [1.82, 2.24) is 9.78 Å². The molecule has 4 rings (SSSR count). The van der Waals surface area contributed by atoms with Crippen LogP contribution in [0.3, 0.4) is 0 Å². The lowest BCUT2D eigenvalue weighted by Gasteiger charge is -2.30. The van der Waals surface area contributed by atoms with Crippen LogP contribution in [-0.4, -0.2) is 21.6 Å². The maximum atomic E-state index is 13.2. The lowest BCUT2D eigenvalue weighted by Crippen LogP contribution is -2.37. The van der Waals surface area contributed by atoms with Crippen molar-refractivity contribution in [2.24, 2.45) is 17.3 Å². The minimum absolute atomic E-state index is 0.00986. The van der Waals surface area contributed by atoms with Gasteiger partial charge in [-0.1, -0.05) is 44.6 Å². The van der Waals surface area contributed by atoms with Crippen molar-refractivity contribution in [3.8, 4) is 0 Å². The first kappa shape index (κ1) is 21.3. The lowest BCUT2D eigenvalue weighted by molar-refractivity contribution is -0.126. The maximum absolute atomic E-state index is 13.2. The zero-order valence-electron chi connectivity index (χ0n) is 18.9. The quantitative estimate of drug-likeness (QED) is 0.612. The second kappa shape index (κ2) is 8.33. The number of aromatic nitrogens is 2. The normalized spacial score (nSPS) is 23.9. The topological polar surface area (TPSA) is 76.0 Å². The number of nitrogens with zero attached hydrogens (tertiary/aromatic N) is 2. The zero-order valence-corrected chi connectivity index (χ0v) is 18.9. The summed E-state index contributed by atoms with van der Waals surface area (Å²) >= 11 is 0. The molecule has 1 fully saturated rings. The van der Waals surface area contributed by atoms with Gasteiger partial charge in [0.05, 0.1) is 33.7 Å². The Morgan fingerprint density at radius 3 is 2.65 bits per heavy atom. The molecule has 0 unspecified atom stereocenters. The van der Waals surface area contributed by atoms with Gasteiger partial charge in [-0.25, -0.2) is 0 Å². The Morgan fingerprint density at radius 1 is 1.19 bits per heavy atom. The van der Waals surface area contributed by atoms with E-state index in [1.807, 2.05) is 37.6 Å². The molecule has 1 heterocycles. The average Bonchev–Trinajstić information content (AvgIpc) is 3.42. The molecular weight excluding hydrogens is 388 g/mol. The van der Waals surface area contributed by atoms with Gasteiger partial charge in [0.2, 0.25) is 5.91 Å². The second-order valence-electron chi connectivity index (χ2n) is 9.19. The molecule has 31 heavy (non-hydrogen) atoms. The molecule has 6 nitrogen and oxygen atoms in total. The van der Waals surface area contributed by atoms with Crippen molar-refractivity contribution >= 4 is 23.2 Å². The standard InChI is InChI=1S/C25H32N4O2/c1-5-6-13-29-17(3)22(16(2)28-29)27-23(30)20-9-7-8-10-21(20)26-24(31)25(4)15-18-11-12-19(25)14-18/h7-12,18-19H,5-6,13-15H2,1-4H3,(H,26,31)(H,27,30)/t18-,19-,25-/m0/s1. The molecule has 2 aliphatic carbocycles. The number of aryl methyl sites for hydroxylation is 2. The number of para-hydroxylation sites is 1. The first-order valence-electron chi connectivity index (χ1n) is 11.3. The van der Waals surface area contributed by atoms with Crippen molar-refractivity contribution < 1.29 is 9.59 Å². The molecule has 6 heteroatoms. The Morgan fingerprint density at radius 2 is 1.97 bits per heavy atom. The summed E-state index contributed by atoms with van der Waals surface area (Å²) in [6.45, 7) is 8.90. The van der Waals surface area contributed by atoms with Crippen LogP contribution in [0.2, 0.25) is 0 Å².